The first kappa shape index (κ1) is 15.5. The highest BCUT2D eigenvalue weighted by Crippen LogP contribution is 2.23. The number of halogens is 1. The lowest BCUT2D eigenvalue weighted by Crippen LogP contribution is -2.03. The number of nitrogens with one attached hydrogen (secondary N) is 2. The van der Waals surface area contributed by atoms with Gasteiger partial charge in [0.05, 0.1) is 17.4 Å². The Bertz CT molecular complexity index is 1010. The fourth-order valence-electron chi connectivity index (χ4n) is 2.42. The van der Waals surface area contributed by atoms with E-state index >= 15 is 0 Å². The molecule has 2 heterocycles. The maximum Gasteiger partial charge on any atom is 0.249 e. The van der Waals surface area contributed by atoms with E-state index in [-0.39, 0.29) is 0 Å². The van der Waals surface area contributed by atoms with Crippen LogP contribution in [0, 0.1) is 0 Å². The standard InChI is InChI=1S/C18H13BrN6/c19-13-6-8-14(9-7-13)22-16-11-21-25-18(24-16)23-15-5-1-3-12-4-2-10-20-17(12)15/h1-11H,(H2,22,23,24,25). The second-order valence-corrected chi connectivity index (χ2v) is 6.22. The lowest BCUT2D eigenvalue weighted by atomic mass is 10.2. The molecule has 0 spiro atoms. The molecule has 0 radical (unpaired) electrons. The molecule has 6 nitrogen and oxygen atoms in total. The van der Waals surface area contributed by atoms with Crippen molar-refractivity contribution in [1.29, 1.82) is 0 Å². The zero-order valence-electron chi connectivity index (χ0n) is 13.0. The lowest BCUT2D eigenvalue weighted by Gasteiger charge is -2.09. The quantitative estimate of drug-likeness (QED) is 0.525. The van der Waals surface area contributed by atoms with Crippen molar-refractivity contribution in [3.8, 4) is 0 Å². The normalized spacial score (nSPS) is 10.6. The van der Waals surface area contributed by atoms with Gasteiger partial charge >= 0.3 is 0 Å². The highest BCUT2D eigenvalue weighted by Gasteiger charge is 2.06. The van der Waals surface area contributed by atoms with Crippen molar-refractivity contribution in [3.63, 3.8) is 0 Å². The molecule has 7 heteroatoms. The molecule has 2 N–H and O–H groups in total. The van der Waals surface area contributed by atoms with Gasteiger partial charge in [0.1, 0.15) is 0 Å². The van der Waals surface area contributed by atoms with Gasteiger partial charge < -0.3 is 10.6 Å². The van der Waals surface area contributed by atoms with Crippen LogP contribution in [0.2, 0.25) is 0 Å². The molecule has 25 heavy (non-hydrogen) atoms. The maximum absolute atomic E-state index is 4.46. The summed E-state index contributed by atoms with van der Waals surface area (Å²) in [6, 6.07) is 17.7. The minimum absolute atomic E-state index is 0.403. The van der Waals surface area contributed by atoms with Crippen molar-refractivity contribution < 1.29 is 0 Å². The number of anilines is 4. The molecule has 4 rings (SSSR count). The number of para-hydroxylation sites is 1. The molecule has 0 saturated heterocycles. The van der Waals surface area contributed by atoms with Gasteiger partial charge in [-0.1, -0.05) is 34.1 Å². The molecule has 0 aliphatic rings. The van der Waals surface area contributed by atoms with Gasteiger partial charge in [0.2, 0.25) is 5.95 Å². The number of pyridine rings is 1. The van der Waals surface area contributed by atoms with Crippen LogP contribution in [0.1, 0.15) is 0 Å². The first-order valence-electron chi connectivity index (χ1n) is 7.61. The van der Waals surface area contributed by atoms with Gasteiger partial charge in [-0.3, -0.25) is 4.98 Å². The molecular weight excluding hydrogens is 380 g/mol. The zero-order chi connectivity index (χ0) is 17.1. The third-order valence-electron chi connectivity index (χ3n) is 3.55. The van der Waals surface area contributed by atoms with Crippen LogP contribution in [0.5, 0.6) is 0 Å². The number of aromatic nitrogens is 4. The second-order valence-electron chi connectivity index (χ2n) is 5.30. The van der Waals surface area contributed by atoms with Gasteiger partial charge in [0.25, 0.3) is 0 Å². The molecule has 0 atom stereocenters. The Balaban J connectivity index is 1.60. The van der Waals surface area contributed by atoms with Crippen LogP contribution in [0.25, 0.3) is 10.9 Å². The van der Waals surface area contributed by atoms with Crippen molar-refractivity contribution in [1.82, 2.24) is 20.2 Å². The fourth-order valence-corrected chi connectivity index (χ4v) is 2.69. The number of fused-ring (bicyclic) bond motifs is 1. The summed E-state index contributed by atoms with van der Waals surface area (Å²) in [4.78, 5) is 8.87. The molecule has 0 amide bonds. The van der Waals surface area contributed by atoms with E-state index in [9.17, 15) is 0 Å². The molecular formula is C18H13BrN6. The highest BCUT2D eigenvalue weighted by molar-refractivity contribution is 9.10. The summed E-state index contributed by atoms with van der Waals surface area (Å²) in [6.07, 6.45) is 3.34. The van der Waals surface area contributed by atoms with Gasteiger partial charge in [-0.2, -0.15) is 10.1 Å². The Morgan fingerprint density at radius 1 is 0.880 bits per heavy atom. The van der Waals surface area contributed by atoms with E-state index in [2.05, 4.69) is 46.7 Å². The molecule has 0 bridgehead atoms. The predicted octanol–water partition coefficient (Wildman–Crippen LogP) is 4.67. The summed E-state index contributed by atoms with van der Waals surface area (Å²) in [5, 5.41) is 15.5. The summed E-state index contributed by atoms with van der Waals surface area (Å²) >= 11 is 3.42. The lowest BCUT2D eigenvalue weighted by molar-refractivity contribution is 0.983. The third-order valence-corrected chi connectivity index (χ3v) is 4.08. The predicted molar refractivity (Wildman–Crippen MR) is 102 cm³/mol. The van der Waals surface area contributed by atoms with Gasteiger partial charge in [-0.05, 0) is 36.4 Å². The molecule has 122 valence electrons. The molecule has 4 aromatic rings. The van der Waals surface area contributed by atoms with E-state index in [4.69, 9.17) is 0 Å². The Kier molecular flexibility index (Phi) is 4.22. The molecule has 2 aromatic carbocycles. The van der Waals surface area contributed by atoms with Crippen molar-refractivity contribution in [2.75, 3.05) is 10.6 Å². The molecule has 2 aromatic heterocycles. The minimum atomic E-state index is 0.403. The Morgan fingerprint density at radius 2 is 1.72 bits per heavy atom. The molecule has 0 fully saturated rings. The Labute approximate surface area is 152 Å². The number of hydrogen-bond acceptors (Lipinski definition) is 6. The van der Waals surface area contributed by atoms with Crippen LogP contribution in [0.15, 0.2) is 71.5 Å². The monoisotopic (exact) mass is 392 g/mol. The van der Waals surface area contributed by atoms with E-state index in [1.165, 1.54) is 0 Å². The maximum atomic E-state index is 4.46. The van der Waals surface area contributed by atoms with Crippen LogP contribution in [-0.4, -0.2) is 20.2 Å². The Hall–Kier alpha value is -3.06. The molecule has 0 aliphatic carbocycles. The van der Waals surface area contributed by atoms with Crippen molar-refractivity contribution >= 4 is 50.0 Å². The van der Waals surface area contributed by atoms with Crippen LogP contribution < -0.4 is 10.6 Å². The zero-order valence-corrected chi connectivity index (χ0v) is 14.6. The number of nitrogens with zero attached hydrogens (tertiary/aromatic N) is 4. The summed E-state index contributed by atoms with van der Waals surface area (Å²) < 4.78 is 1.02. The van der Waals surface area contributed by atoms with E-state index in [0.29, 0.717) is 11.8 Å². The molecule has 0 unspecified atom stereocenters. The SMILES string of the molecule is Brc1ccc(Nc2cnnc(Nc3cccc4cccnc34)n2)cc1. The van der Waals surface area contributed by atoms with Crippen LogP contribution >= 0.6 is 15.9 Å². The summed E-state index contributed by atoms with van der Waals surface area (Å²) in [5.74, 6) is 1.01. The van der Waals surface area contributed by atoms with Crippen LogP contribution in [0.4, 0.5) is 23.1 Å². The first-order chi connectivity index (χ1) is 12.3. The van der Waals surface area contributed by atoms with Crippen molar-refractivity contribution in [2.45, 2.75) is 0 Å². The average Bonchev–Trinajstić information content (AvgIpc) is 2.64. The van der Waals surface area contributed by atoms with Gasteiger partial charge in [-0.25, -0.2) is 0 Å². The third kappa shape index (κ3) is 3.56. The van der Waals surface area contributed by atoms with Gasteiger partial charge in [0.15, 0.2) is 5.82 Å². The first-order valence-corrected chi connectivity index (χ1v) is 8.40. The smallest absolute Gasteiger partial charge is 0.249 e. The van der Waals surface area contributed by atoms with E-state index in [1.54, 1.807) is 12.4 Å². The second kappa shape index (κ2) is 6.82. The number of rotatable bonds is 4. The fraction of sp³-hybridized carbons (Fsp3) is 0. The average molecular weight is 393 g/mol. The van der Waals surface area contributed by atoms with E-state index < -0.39 is 0 Å². The molecule has 0 aliphatic heterocycles. The summed E-state index contributed by atoms with van der Waals surface area (Å²) in [5.41, 5.74) is 2.61. The van der Waals surface area contributed by atoms with Crippen molar-refractivity contribution in [2.24, 2.45) is 0 Å². The summed E-state index contributed by atoms with van der Waals surface area (Å²) in [7, 11) is 0. The van der Waals surface area contributed by atoms with E-state index in [1.807, 2.05) is 54.6 Å². The van der Waals surface area contributed by atoms with Crippen LogP contribution in [-0.2, 0) is 0 Å². The van der Waals surface area contributed by atoms with Gasteiger partial charge in [0, 0.05) is 21.7 Å². The Morgan fingerprint density at radius 3 is 2.60 bits per heavy atom. The van der Waals surface area contributed by atoms with Crippen molar-refractivity contribution in [3.05, 3.63) is 71.5 Å². The number of hydrogen-bond donors (Lipinski definition) is 2. The highest BCUT2D eigenvalue weighted by atomic mass is 79.9. The number of benzene rings is 2. The molecule has 0 saturated carbocycles. The minimum Gasteiger partial charge on any atom is -0.339 e. The van der Waals surface area contributed by atoms with E-state index in [0.717, 1.165) is 26.8 Å². The summed E-state index contributed by atoms with van der Waals surface area (Å²) in [6.45, 7) is 0. The van der Waals surface area contributed by atoms with Crippen LogP contribution in [0.3, 0.4) is 0 Å². The largest absolute Gasteiger partial charge is 0.339 e. The van der Waals surface area contributed by atoms with Gasteiger partial charge in [-0.15, -0.1) is 5.10 Å². The topological polar surface area (TPSA) is 75.6 Å².